The molecule has 32 heavy (non-hydrogen) atoms. The summed E-state index contributed by atoms with van der Waals surface area (Å²) in [6, 6.07) is -4.50. The average Bonchev–Trinajstić information content (AvgIpc) is 2.73. The number of aliphatic carboxylic acids is 1. The third-order valence-electron chi connectivity index (χ3n) is 4.39. The number of carboxylic acids is 1. The second kappa shape index (κ2) is 16.6. The Morgan fingerprint density at radius 3 is 2.00 bits per heavy atom. The van der Waals surface area contributed by atoms with Crippen molar-refractivity contribution < 1.29 is 29.1 Å². The maximum atomic E-state index is 12.7. The Bertz CT molecular complexity index is 653. The number of carboxylic acid groups (broad SMARTS) is 1. The number of nitrogens with one attached hydrogen (secondary N) is 3. The number of unbranched alkanes of at least 4 members (excludes halogenated alkanes) is 1. The highest BCUT2D eigenvalue weighted by Gasteiger charge is 2.30. The van der Waals surface area contributed by atoms with Gasteiger partial charge in [-0.3, -0.25) is 19.2 Å². The summed E-state index contributed by atoms with van der Waals surface area (Å²) in [7, 11) is 0. The smallest absolute Gasteiger partial charge is 0.326 e. The van der Waals surface area contributed by atoms with Crippen LogP contribution in [-0.2, 0) is 24.0 Å². The first kappa shape index (κ1) is 30.0. The molecule has 0 aromatic carbocycles. The van der Waals surface area contributed by atoms with Gasteiger partial charge in [0.15, 0.2) is 0 Å². The molecule has 0 spiro atoms. The van der Waals surface area contributed by atoms with Crippen molar-refractivity contribution in [2.24, 2.45) is 17.2 Å². The van der Waals surface area contributed by atoms with E-state index in [4.69, 9.17) is 22.3 Å². The van der Waals surface area contributed by atoms with Crippen LogP contribution in [0.4, 0.5) is 0 Å². The second-order valence-corrected chi connectivity index (χ2v) is 8.40. The molecular weight excluding hydrogens is 460 g/mol. The highest BCUT2D eigenvalue weighted by molar-refractivity contribution is 7.98. The monoisotopic (exact) mass is 494 g/mol. The van der Waals surface area contributed by atoms with E-state index in [1.165, 1.54) is 11.8 Å². The van der Waals surface area contributed by atoms with Crippen LogP contribution in [0.2, 0.25) is 0 Å². The zero-order valence-corrected chi connectivity index (χ0v) is 19.8. The van der Waals surface area contributed by atoms with Crippen molar-refractivity contribution >= 4 is 54.0 Å². The number of rotatable bonds is 17. The van der Waals surface area contributed by atoms with E-state index in [1.54, 1.807) is 0 Å². The Kier molecular flexibility index (Phi) is 15.5. The van der Waals surface area contributed by atoms with Gasteiger partial charge in [-0.15, -0.1) is 0 Å². The summed E-state index contributed by atoms with van der Waals surface area (Å²) >= 11 is 5.49. The quantitative estimate of drug-likeness (QED) is 0.0792. The minimum absolute atomic E-state index is 0.151. The molecule has 0 aliphatic heterocycles. The molecular formula is C18H34N6O6S2. The van der Waals surface area contributed by atoms with Crippen LogP contribution in [0.3, 0.4) is 0 Å². The van der Waals surface area contributed by atoms with Gasteiger partial charge in [-0.2, -0.15) is 24.4 Å². The molecule has 4 unspecified atom stereocenters. The Balaban J connectivity index is 5.13. The Labute approximate surface area is 196 Å². The van der Waals surface area contributed by atoms with Crippen LogP contribution in [0.5, 0.6) is 0 Å². The van der Waals surface area contributed by atoms with E-state index in [0.717, 1.165) is 6.42 Å². The van der Waals surface area contributed by atoms with Crippen LogP contribution in [0, 0.1) is 0 Å². The van der Waals surface area contributed by atoms with Crippen LogP contribution in [0.15, 0.2) is 0 Å². The molecule has 10 N–H and O–H groups in total. The SMILES string of the molecule is CSCCC(NC(=O)C(N)CCCCN)C(=O)NC(CS)C(=O)NC(CC(N)=O)C(=O)O. The number of carbonyl (C=O) groups excluding carboxylic acids is 4. The molecule has 0 aliphatic rings. The Morgan fingerprint density at radius 1 is 0.938 bits per heavy atom. The molecule has 0 rings (SSSR count). The summed E-state index contributed by atoms with van der Waals surface area (Å²) in [6.07, 6.45) is 3.33. The van der Waals surface area contributed by atoms with E-state index >= 15 is 0 Å². The third-order valence-corrected chi connectivity index (χ3v) is 5.39. The first-order valence-electron chi connectivity index (χ1n) is 10.0. The highest BCUT2D eigenvalue weighted by Crippen LogP contribution is 2.05. The largest absolute Gasteiger partial charge is 0.480 e. The molecule has 0 aliphatic carbocycles. The van der Waals surface area contributed by atoms with Crippen molar-refractivity contribution in [1.29, 1.82) is 0 Å². The van der Waals surface area contributed by atoms with Crippen molar-refractivity contribution in [2.75, 3.05) is 24.3 Å². The highest BCUT2D eigenvalue weighted by atomic mass is 32.2. The van der Waals surface area contributed by atoms with Gasteiger partial charge in [0.2, 0.25) is 23.6 Å². The van der Waals surface area contributed by atoms with Gasteiger partial charge in [0.05, 0.1) is 12.5 Å². The zero-order valence-electron chi connectivity index (χ0n) is 18.0. The van der Waals surface area contributed by atoms with Crippen LogP contribution in [-0.4, -0.2) is 83.2 Å². The fourth-order valence-corrected chi connectivity index (χ4v) is 3.29. The number of nitrogens with two attached hydrogens (primary N) is 3. The Morgan fingerprint density at radius 2 is 1.50 bits per heavy atom. The number of thioether (sulfide) groups is 1. The van der Waals surface area contributed by atoms with Gasteiger partial charge in [-0.1, -0.05) is 6.42 Å². The molecule has 0 saturated carbocycles. The lowest BCUT2D eigenvalue weighted by atomic mass is 10.1. The van der Waals surface area contributed by atoms with Gasteiger partial charge in [0.1, 0.15) is 18.1 Å². The van der Waals surface area contributed by atoms with Crippen LogP contribution in [0.1, 0.15) is 32.1 Å². The molecule has 12 nitrogen and oxygen atoms in total. The number of primary amides is 1. The molecule has 4 amide bonds. The maximum Gasteiger partial charge on any atom is 0.326 e. The van der Waals surface area contributed by atoms with Gasteiger partial charge in [-0.05, 0) is 37.8 Å². The van der Waals surface area contributed by atoms with Gasteiger partial charge in [-0.25, -0.2) is 4.79 Å². The van der Waals surface area contributed by atoms with Crippen LogP contribution in [0.25, 0.3) is 0 Å². The van der Waals surface area contributed by atoms with Gasteiger partial charge in [0, 0.05) is 5.75 Å². The number of thiol groups is 1. The van der Waals surface area contributed by atoms with Gasteiger partial charge >= 0.3 is 5.97 Å². The third kappa shape index (κ3) is 12.1. The lowest BCUT2D eigenvalue weighted by Gasteiger charge is -2.24. The molecule has 0 bridgehead atoms. The van der Waals surface area contributed by atoms with Crippen LogP contribution < -0.4 is 33.2 Å². The van der Waals surface area contributed by atoms with E-state index in [2.05, 4.69) is 28.6 Å². The fourth-order valence-electron chi connectivity index (χ4n) is 2.56. The molecule has 0 aromatic heterocycles. The molecule has 184 valence electrons. The zero-order chi connectivity index (χ0) is 24.7. The standard InChI is InChI=1S/C18H34N6O6S2/c1-32-7-5-11(22-15(26)10(20)4-2-3-6-19)16(27)24-13(9-31)17(28)23-12(18(29)30)8-14(21)25/h10-13,31H,2-9,19-20H2,1H3,(H2,21,25)(H,22,26)(H,23,28)(H,24,27)(H,29,30). The predicted octanol–water partition coefficient (Wildman–Crippen LogP) is -2.46. The van der Waals surface area contributed by atoms with Gasteiger partial charge in [0.25, 0.3) is 0 Å². The number of hydrogen-bond acceptors (Lipinski definition) is 9. The molecule has 0 fully saturated rings. The normalized spacial score (nSPS) is 14.5. The molecule has 0 aromatic rings. The van der Waals surface area contributed by atoms with Gasteiger partial charge < -0.3 is 38.3 Å². The summed E-state index contributed by atoms with van der Waals surface area (Å²) in [6.45, 7) is 0.489. The predicted molar refractivity (Wildman–Crippen MR) is 125 cm³/mol. The summed E-state index contributed by atoms with van der Waals surface area (Å²) in [5.41, 5.74) is 16.3. The number of hydrogen-bond donors (Lipinski definition) is 8. The van der Waals surface area contributed by atoms with Crippen LogP contribution >= 0.6 is 24.4 Å². The maximum absolute atomic E-state index is 12.7. The van der Waals surface area contributed by atoms with E-state index in [0.29, 0.717) is 25.1 Å². The van der Waals surface area contributed by atoms with Crippen molar-refractivity contribution in [1.82, 2.24) is 16.0 Å². The topological polar surface area (TPSA) is 220 Å². The minimum Gasteiger partial charge on any atom is -0.480 e. The first-order chi connectivity index (χ1) is 15.1. The van der Waals surface area contributed by atoms with E-state index in [9.17, 15) is 24.0 Å². The molecule has 0 heterocycles. The van der Waals surface area contributed by atoms with E-state index in [-0.39, 0.29) is 12.2 Å². The summed E-state index contributed by atoms with van der Waals surface area (Å²) in [5.74, 6) is -3.95. The van der Waals surface area contributed by atoms with Crippen molar-refractivity contribution in [3.63, 3.8) is 0 Å². The lowest BCUT2D eigenvalue weighted by Crippen LogP contribution is -2.58. The van der Waals surface area contributed by atoms with Crippen molar-refractivity contribution in [3.8, 4) is 0 Å². The van der Waals surface area contributed by atoms with Crippen molar-refractivity contribution in [2.45, 2.75) is 56.3 Å². The average molecular weight is 495 g/mol. The minimum atomic E-state index is -1.54. The Hall–Kier alpha value is -2.03. The number of amides is 4. The first-order valence-corrected chi connectivity index (χ1v) is 12.1. The summed E-state index contributed by atoms with van der Waals surface area (Å²) < 4.78 is 0. The lowest BCUT2D eigenvalue weighted by molar-refractivity contribution is -0.143. The van der Waals surface area contributed by atoms with E-state index < -0.39 is 60.2 Å². The van der Waals surface area contributed by atoms with Crippen molar-refractivity contribution in [3.05, 3.63) is 0 Å². The summed E-state index contributed by atoms with van der Waals surface area (Å²) in [5, 5.41) is 16.3. The molecule has 14 heteroatoms. The fraction of sp³-hybridized carbons (Fsp3) is 0.722. The number of carbonyl (C=O) groups is 5. The molecule has 0 saturated heterocycles. The summed E-state index contributed by atoms with van der Waals surface area (Å²) in [4.78, 5) is 59.7. The van der Waals surface area contributed by atoms with E-state index in [1.807, 2.05) is 6.26 Å². The molecule has 0 radical (unpaired) electrons. The molecule has 4 atom stereocenters. The second-order valence-electron chi connectivity index (χ2n) is 7.05.